The summed E-state index contributed by atoms with van der Waals surface area (Å²) in [4.78, 5) is 20.2. The fourth-order valence-electron chi connectivity index (χ4n) is 3.72. The molecule has 0 aliphatic carbocycles. The highest BCUT2D eigenvalue weighted by Gasteiger charge is 2.21. The second-order valence-electron chi connectivity index (χ2n) is 7.48. The number of ether oxygens (including phenoxy) is 3. The van der Waals surface area contributed by atoms with Gasteiger partial charge in [-0.1, -0.05) is 35.3 Å². The van der Waals surface area contributed by atoms with Crippen molar-refractivity contribution in [2.75, 3.05) is 32.0 Å². The molecular formula is C25H22Cl2N4O4. The van der Waals surface area contributed by atoms with Gasteiger partial charge in [0, 0.05) is 28.6 Å². The van der Waals surface area contributed by atoms with E-state index in [-0.39, 0.29) is 0 Å². The molecule has 0 atom stereocenters. The molecule has 8 nitrogen and oxygen atoms in total. The number of amides is 1. The Bertz CT molecular complexity index is 1400. The summed E-state index contributed by atoms with van der Waals surface area (Å²) in [5.74, 6) is 1.71. The van der Waals surface area contributed by atoms with E-state index in [0.29, 0.717) is 62.0 Å². The van der Waals surface area contributed by atoms with E-state index in [1.54, 1.807) is 18.3 Å². The Morgan fingerprint density at radius 3 is 2.31 bits per heavy atom. The molecule has 2 aromatic carbocycles. The Balaban J connectivity index is 1.84. The quantitative estimate of drug-likeness (QED) is 0.269. The molecule has 0 bridgehead atoms. The molecule has 35 heavy (non-hydrogen) atoms. The lowest BCUT2D eigenvalue weighted by molar-refractivity contribution is -0.105. The number of aromatic nitrogens is 2. The van der Waals surface area contributed by atoms with Crippen molar-refractivity contribution in [3.8, 4) is 28.6 Å². The van der Waals surface area contributed by atoms with Gasteiger partial charge in [0.25, 0.3) is 0 Å². The third-order valence-corrected chi connectivity index (χ3v) is 6.19. The highest BCUT2D eigenvalue weighted by molar-refractivity contribution is 6.41. The van der Waals surface area contributed by atoms with Gasteiger partial charge in [0.2, 0.25) is 12.3 Å². The third-order valence-electron chi connectivity index (χ3n) is 5.44. The van der Waals surface area contributed by atoms with Crippen LogP contribution in [0.5, 0.6) is 17.4 Å². The minimum Gasteiger partial charge on any atom is -0.495 e. The number of halogens is 2. The number of nitrogens with zero attached hydrogens (tertiary/aromatic N) is 2. The van der Waals surface area contributed by atoms with Gasteiger partial charge in [0.1, 0.15) is 17.3 Å². The van der Waals surface area contributed by atoms with Gasteiger partial charge in [-0.25, -0.2) is 9.97 Å². The number of methoxy groups -OCH3 is 3. The Morgan fingerprint density at radius 1 is 0.971 bits per heavy atom. The number of hydrogen-bond acceptors (Lipinski definition) is 7. The average Bonchev–Trinajstić information content (AvgIpc) is 2.86. The van der Waals surface area contributed by atoms with E-state index in [2.05, 4.69) is 20.6 Å². The lowest BCUT2D eigenvalue weighted by Crippen LogP contribution is -2.03. The molecule has 0 unspecified atom stereocenters. The van der Waals surface area contributed by atoms with Crippen molar-refractivity contribution in [2.45, 2.75) is 6.92 Å². The van der Waals surface area contributed by atoms with Crippen molar-refractivity contribution in [3.63, 3.8) is 0 Å². The van der Waals surface area contributed by atoms with Gasteiger partial charge >= 0.3 is 0 Å². The van der Waals surface area contributed by atoms with E-state index in [0.717, 1.165) is 16.6 Å². The fraction of sp³-hybridized carbons (Fsp3) is 0.160. The van der Waals surface area contributed by atoms with E-state index in [1.165, 1.54) is 21.3 Å². The molecule has 0 saturated carbocycles. The van der Waals surface area contributed by atoms with E-state index >= 15 is 0 Å². The molecule has 0 radical (unpaired) electrons. The van der Waals surface area contributed by atoms with Crippen molar-refractivity contribution in [1.82, 2.24) is 9.97 Å². The molecule has 0 aliphatic rings. The summed E-state index contributed by atoms with van der Waals surface area (Å²) >= 11 is 13.2. The van der Waals surface area contributed by atoms with Gasteiger partial charge in [-0.15, -0.1) is 0 Å². The number of anilines is 3. The zero-order valence-electron chi connectivity index (χ0n) is 19.4. The maximum Gasteiger partial charge on any atom is 0.221 e. The van der Waals surface area contributed by atoms with Crippen molar-refractivity contribution >= 4 is 57.6 Å². The largest absolute Gasteiger partial charge is 0.495 e. The molecule has 10 heteroatoms. The number of pyridine rings is 2. The predicted octanol–water partition coefficient (Wildman–Crippen LogP) is 6.25. The first kappa shape index (κ1) is 24.4. The smallest absolute Gasteiger partial charge is 0.221 e. The van der Waals surface area contributed by atoms with Crippen LogP contribution in [0.15, 0.2) is 42.6 Å². The van der Waals surface area contributed by atoms with Crippen LogP contribution in [-0.2, 0) is 4.79 Å². The first-order valence-electron chi connectivity index (χ1n) is 10.4. The Labute approximate surface area is 212 Å². The molecule has 180 valence electrons. The van der Waals surface area contributed by atoms with E-state index in [9.17, 15) is 4.79 Å². The number of carbonyl (C=O) groups is 1. The summed E-state index contributed by atoms with van der Waals surface area (Å²) < 4.78 is 16.4. The number of carbonyl (C=O) groups excluding carboxylic acids is 1. The van der Waals surface area contributed by atoms with Crippen LogP contribution in [0.4, 0.5) is 17.2 Å². The Hall–Kier alpha value is -3.75. The van der Waals surface area contributed by atoms with Crippen molar-refractivity contribution < 1.29 is 19.0 Å². The van der Waals surface area contributed by atoms with Crippen molar-refractivity contribution in [3.05, 3.63) is 58.2 Å². The number of hydrogen-bond donors (Lipinski definition) is 2. The molecule has 2 heterocycles. The highest BCUT2D eigenvalue weighted by Crippen LogP contribution is 2.46. The topological polar surface area (TPSA) is 94.6 Å². The molecule has 0 spiro atoms. The highest BCUT2D eigenvalue weighted by atomic mass is 35.5. The van der Waals surface area contributed by atoms with Crippen LogP contribution < -0.4 is 24.8 Å². The molecule has 4 aromatic rings. The summed E-state index contributed by atoms with van der Waals surface area (Å²) in [6, 6.07) is 10.8. The molecule has 4 rings (SSSR count). The van der Waals surface area contributed by atoms with Crippen LogP contribution in [0.1, 0.15) is 5.56 Å². The molecule has 0 fully saturated rings. The minimum atomic E-state index is 0.299. The molecule has 1 amide bonds. The van der Waals surface area contributed by atoms with Crippen LogP contribution in [0, 0.1) is 6.92 Å². The summed E-state index contributed by atoms with van der Waals surface area (Å²) in [7, 11) is 4.55. The zero-order valence-corrected chi connectivity index (χ0v) is 20.9. The second-order valence-corrected chi connectivity index (χ2v) is 8.23. The van der Waals surface area contributed by atoms with E-state index in [1.807, 2.05) is 31.2 Å². The maximum absolute atomic E-state index is 11.0. The number of para-hydroxylation sites is 1. The van der Waals surface area contributed by atoms with Gasteiger partial charge < -0.3 is 24.8 Å². The average molecular weight is 513 g/mol. The third kappa shape index (κ3) is 4.62. The van der Waals surface area contributed by atoms with Gasteiger partial charge in [-0.3, -0.25) is 4.79 Å². The van der Waals surface area contributed by atoms with Crippen LogP contribution >= 0.6 is 23.2 Å². The van der Waals surface area contributed by atoms with Crippen LogP contribution in [0.25, 0.3) is 22.0 Å². The van der Waals surface area contributed by atoms with Crippen LogP contribution in [0.3, 0.4) is 0 Å². The van der Waals surface area contributed by atoms with Crippen LogP contribution in [0.2, 0.25) is 10.0 Å². The Kier molecular flexibility index (Phi) is 7.14. The van der Waals surface area contributed by atoms with Crippen LogP contribution in [-0.4, -0.2) is 37.7 Å². The lowest BCUT2D eigenvalue weighted by atomic mass is 10.1. The van der Waals surface area contributed by atoms with E-state index in [4.69, 9.17) is 37.4 Å². The fourth-order valence-corrected chi connectivity index (χ4v) is 4.42. The second kappa shape index (κ2) is 10.2. The summed E-state index contributed by atoms with van der Waals surface area (Å²) in [5.41, 5.74) is 3.24. The number of benzene rings is 2. The predicted molar refractivity (Wildman–Crippen MR) is 139 cm³/mol. The number of rotatable bonds is 8. The first-order chi connectivity index (χ1) is 16.9. The van der Waals surface area contributed by atoms with Gasteiger partial charge in [0.15, 0.2) is 0 Å². The number of nitrogens with one attached hydrogen (secondary N) is 2. The lowest BCUT2D eigenvalue weighted by Gasteiger charge is -2.16. The van der Waals surface area contributed by atoms with E-state index < -0.39 is 0 Å². The number of fused-ring (bicyclic) bond motifs is 1. The first-order valence-corrected chi connectivity index (χ1v) is 11.2. The van der Waals surface area contributed by atoms with Gasteiger partial charge in [0.05, 0.1) is 48.4 Å². The molecular weight excluding hydrogens is 491 g/mol. The maximum atomic E-state index is 11.0. The summed E-state index contributed by atoms with van der Waals surface area (Å²) in [6.07, 6.45) is 2.32. The van der Waals surface area contributed by atoms with Gasteiger partial charge in [-0.05, 0) is 30.7 Å². The molecule has 0 saturated heterocycles. The molecule has 0 aliphatic heterocycles. The monoisotopic (exact) mass is 512 g/mol. The SMILES string of the molecule is COc1cc(OC)c(Cl)c(-c2cc3cnc(Nc4c(C)cccc4NC=O)cc3c(OC)n2)c1Cl. The van der Waals surface area contributed by atoms with Crippen molar-refractivity contribution in [2.24, 2.45) is 0 Å². The molecule has 2 N–H and O–H groups in total. The van der Waals surface area contributed by atoms with Gasteiger partial charge in [-0.2, -0.15) is 0 Å². The normalized spacial score (nSPS) is 10.7. The zero-order chi connectivity index (χ0) is 25.1. The van der Waals surface area contributed by atoms with Crippen molar-refractivity contribution in [1.29, 1.82) is 0 Å². The minimum absolute atomic E-state index is 0.299. The standard InChI is InChI=1S/C25H22Cl2N4O4/c1-13-6-5-7-16(29-12-32)24(13)31-20-9-15-14(11-28-20)8-17(30-25(15)35-4)21-22(26)18(33-2)10-19(34-3)23(21)27/h5-12H,1-4H3,(H,28,31)(H,29,32). The Morgan fingerprint density at radius 2 is 1.69 bits per heavy atom. The number of aryl methyl sites for hydroxylation is 1. The molecule has 2 aromatic heterocycles. The summed E-state index contributed by atoms with van der Waals surface area (Å²) in [5, 5.41) is 8.04. The summed E-state index contributed by atoms with van der Waals surface area (Å²) in [6.45, 7) is 1.93.